The summed E-state index contributed by atoms with van der Waals surface area (Å²) < 4.78 is 39.8. The fourth-order valence-electron chi connectivity index (χ4n) is 1.61. The van der Waals surface area contributed by atoms with Crippen LogP contribution >= 0.6 is 0 Å². The summed E-state index contributed by atoms with van der Waals surface area (Å²) in [7, 11) is -3.75. The van der Waals surface area contributed by atoms with E-state index in [0.29, 0.717) is 0 Å². The summed E-state index contributed by atoms with van der Waals surface area (Å²) in [4.78, 5) is 0.0914. The van der Waals surface area contributed by atoms with Crippen molar-refractivity contribution in [2.24, 2.45) is 5.73 Å². The van der Waals surface area contributed by atoms with Crippen LogP contribution in [0.4, 0.5) is 10.1 Å². The number of hydrogen-bond donors (Lipinski definition) is 3. The maximum Gasteiger partial charge on any atom is 0.261 e. The van der Waals surface area contributed by atoms with Gasteiger partial charge in [0, 0.05) is 5.69 Å². The monoisotopic (exact) mass is 293 g/mol. The van der Waals surface area contributed by atoms with Crippen LogP contribution in [0.1, 0.15) is 5.56 Å². The van der Waals surface area contributed by atoms with Gasteiger partial charge in [0.15, 0.2) is 0 Å². The van der Waals surface area contributed by atoms with E-state index in [1.807, 2.05) is 0 Å². The molecule has 0 aliphatic heterocycles. The first kappa shape index (κ1) is 14.0. The summed E-state index contributed by atoms with van der Waals surface area (Å²) in [5.74, 6) is -1.15. The molecule has 0 amide bonds. The molecule has 5 nitrogen and oxygen atoms in total. The van der Waals surface area contributed by atoms with Gasteiger partial charge in [0.2, 0.25) is 0 Å². The zero-order valence-electron chi connectivity index (χ0n) is 10.3. The van der Waals surface area contributed by atoms with Crippen LogP contribution in [0.5, 0.6) is 0 Å². The zero-order valence-corrected chi connectivity index (χ0v) is 11.1. The molecule has 0 aliphatic carbocycles. The van der Waals surface area contributed by atoms with Crippen LogP contribution < -0.4 is 10.5 Å². The third-order valence-electron chi connectivity index (χ3n) is 2.56. The maximum atomic E-state index is 13.4. The van der Waals surface area contributed by atoms with Gasteiger partial charge in [0.25, 0.3) is 10.0 Å². The fraction of sp³-hybridized carbons (Fsp3) is 0. The van der Waals surface area contributed by atoms with Gasteiger partial charge in [-0.1, -0.05) is 18.2 Å². The van der Waals surface area contributed by atoms with E-state index in [0.717, 1.165) is 6.07 Å². The number of nitrogens with two attached hydrogens (primary N) is 1. The Balaban J connectivity index is 2.36. The lowest BCUT2D eigenvalue weighted by Gasteiger charge is -2.09. The quantitative estimate of drug-likeness (QED) is 0.593. The van der Waals surface area contributed by atoms with E-state index in [2.05, 4.69) is 4.72 Å². The van der Waals surface area contributed by atoms with Gasteiger partial charge in [-0.05, 0) is 30.3 Å². The van der Waals surface area contributed by atoms with Crippen molar-refractivity contribution in [1.82, 2.24) is 0 Å². The Morgan fingerprint density at radius 3 is 2.40 bits per heavy atom. The molecular formula is C13H12FN3O2S. The number of sulfonamides is 1. The highest BCUT2D eigenvalue weighted by Crippen LogP contribution is 2.18. The molecule has 0 spiro atoms. The highest BCUT2D eigenvalue weighted by Gasteiger charge is 2.15. The molecule has 104 valence electrons. The second-order valence-electron chi connectivity index (χ2n) is 4.03. The molecule has 0 bridgehead atoms. The molecule has 0 unspecified atom stereocenters. The molecule has 0 aliphatic rings. The van der Waals surface area contributed by atoms with Crippen molar-refractivity contribution in [3.63, 3.8) is 0 Å². The third-order valence-corrected chi connectivity index (χ3v) is 3.96. The van der Waals surface area contributed by atoms with Gasteiger partial charge in [0.05, 0.1) is 10.5 Å². The molecular weight excluding hydrogens is 281 g/mol. The maximum absolute atomic E-state index is 13.4. The largest absolute Gasteiger partial charge is 0.384 e. The third kappa shape index (κ3) is 2.94. The van der Waals surface area contributed by atoms with Crippen molar-refractivity contribution in [2.45, 2.75) is 4.90 Å². The minimum absolute atomic E-state index is 0.0914. The highest BCUT2D eigenvalue weighted by atomic mass is 32.2. The molecule has 7 heteroatoms. The summed E-state index contributed by atoms with van der Waals surface area (Å²) in [5.41, 5.74) is 5.21. The van der Waals surface area contributed by atoms with Gasteiger partial charge in [-0.2, -0.15) is 0 Å². The molecule has 2 aromatic carbocycles. The van der Waals surface area contributed by atoms with Crippen LogP contribution in [-0.4, -0.2) is 14.3 Å². The van der Waals surface area contributed by atoms with E-state index >= 15 is 0 Å². The van der Waals surface area contributed by atoms with E-state index in [-0.39, 0.29) is 16.1 Å². The summed E-state index contributed by atoms with van der Waals surface area (Å²) in [6.07, 6.45) is 0. The number of nitrogen functional groups attached to an aromatic ring is 1. The van der Waals surface area contributed by atoms with Crippen LogP contribution in [0.15, 0.2) is 53.4 Å². The number of halogens is 1. The van der Waals surface area contributed by atoms with Crippen LogP contribution in [0.2, 0.25) is 0 Å². The second kappa shape index (κ2) is 5.30. The van der Waals surface area contributed by atoms with Crippen molar-refractivity contribution < 1.29 is 12.8 Å². The molecule has 0 saturated heterocycles. The summed E-state index contributed by atoms with van der Waals surface area (Å²) in [5, 5.41) is 7.23. The molecule has 0 fully saturated rings. The van der Waals surface area contributed by atoms with Gasteiger partial charge < -0.3 is 5.73 Å². The number of benzene rings is 2. The van der Waals surface area contributed by atoms with Gasteiger partial charge in [0.1, 0.15) is 11.7 Å². The van der Waals surface area contributed by atoms with Crippen molar-refractivity contribution >= 4 is 21.5 Å². The van der Waals surface area contributed by atoms with Crippen LogP contribution in [-0.2, 0) is 10.0 Å². The Morgan fingerprint density at radius 2 is 1.80 bits per heavy atom. The number of amidine groups is 1. The summed E-state index contributed by atoms with van der Waals surface area (Å²) >= 11 is 0. The molecule has 2 aromatic rings. The zero-order chi connectivity index (χ0) is 14.8. The summed E-state index contributed by atoms with van der Waals surface area (Å²) in [6.45, 7) is 0. The van der Waals surface area contributed by atoms with E-state index in [9.17, 15) is 12.8 Å². The van der Waals surface area contributed by atoms with E-state index in [4.69, 9.17) is 11.1 Å². The Kier molecular flexibility index (Phi) is 3.71. The van der Waals surface area contributed by atoms with Crippen LogP contribution in [0.3, 0.4) is 0 Å². The minimum atomic E-state index is -3.75. The lowest BCUT2D eigenvalue weighted by Crippen LogP contribution is -2.16. The van der Waals surface area contributed by atoms with E-state index < -0.39 is 21.7 Å². The van der Waals surface area contributed by atoms with Gasteiger partial charge >= 0.3 is 0 Å². The summed E-state index contributed by atoms with van der Waals surface area (Å²) in [6, 6.07) is 11.3. The average molecular weight is 293 g/mol. The normalized spacial score (nSPS) is 11.1. The minimum Gasteiger partial charge on any atom is -0.384 e. The first-order valence-electron chi connectivity index (χ1n) is 5.62. The molecule has 0 atom stereocenters. The molecule has 20 heavy (non-hydrogen) atoms. The Morgan fingerprint density at radius 1 is 1.15 bits per heavy atom. The molecule has 2 rings (SSSR count). The number of nitrogens with one attached hydrogen (secondary N) is 2. The Labute approximate surface area is 115 Å². The number of hydrogen-bond acceptors (Lipinski definition) is 3. The van der Waals surface area contributed by atoms with Gasteiger partial charge in [-0.15, -0.1) is 0 Å². The van der Waals surface area contributed by atoms with E-state index in [1.54, 1.807) is 18.2 Å². The van der Waals surface area contributed by atoms with Crippen LogP contribution in [0, 0.1) is 11.2 Å². The smallest absolute Gasteiger partial charge is 0.261 e. The van der Waals surface area contributed by atoms with Crippen molar-refractivity contribution in [1.29, 1.82) is 5.41 Å². The first-order chi connectivity index (χ1) is 9.40. The number of rotatable bonds is 4. The average Bonchev–Trinajstić information content (AvgIpc) is 2.41. The predicted octanol–water partition coefficient (Wildman–Crippen LogP) is 1.91. The van der Waals surface area contributed by atoms with Crippen molar-refractivity contribution in [3.05, 3.63) is 59.9 Å². The molecule has 0 heterocycles. The Bertz CT molecular complexity index is 745. The fourth-order valence-corrected chi connectivity index (χ4v) is 2.68. The highest BCUT2D eigenvalue weighted by molar-refractivity contribution is 7.92. The Hall–Kier alpha value is -2.41. The predicted molar refractivity (Wildman–Crippen MR) is 74.7 cm³/mol. The molecule has 0 radical (unpaired) electrons. The van der Waals surface area contributed by atoms with Gasteiger partial charge in [-0.25, -0.2) is 12.8 Å². The van der Waals surface area contributed by atoms with E-state index in [1.165, 1.54) is 24.3 Å². The van der Waals surface area contributed by atoms with Crippen molar-refractivity contribution in [3.8, 4) is 0 Å². The lowest BCUT2D eigenvalue weighted by atomic mass is 10.2. The van der Waals surface area contributed by atoms with Crippen LogP contribution in [0.25, 0.3) is 0 Å². The molecule has 0 aromatic heterocycles. The second-order valence-corrected chi connectivity index (χ2v) is 5.71. The molecule has 0 saturated carbocycles. The van der Waals surface area contributed by atoms with Crippen molar-refractivity contribution in [2.75, 3.05) is 4.72 Å². The number of anilines is 1. The molecule has 4 N–H and O–H groups in total. The van der Waals surface area contributed by atoms with Gasteiger partial charge in [-0.3, -0.25) is 10.1 Å². The lowest BCUT2D eigenvalue weighted by molar-refractivity contribution is 0.601. The topological polar surface area (TPSA) is 96.0 Å². The standard InChI is InChI=1S/C13H12FN3O2S/c14-12-7-6-9(8-11(12)13(15)16)17-20(18,19)10-4-2-1-3-5-10/h1-8,17H,(H3,15,16). The SMILES string of the molecule is N=C(N)c1cc(NS(=O)(=O)c2ccccc2)ccc1F. The first-order valence-corrected chi connectivity index (χ1v) is 7.10.